The predicted octanol–water partition coefficient (Wildman–Crippen LogP) is 1.36. The van der Waals surface area contributed by atoms with Gasteiger partial charge in [-0.3, -0.25) is 9.59 Å². The molecule has 4 aromatic rings. The summed E-state index contributed by atoms with van der Waals surface area (Å²) in [6, 6.07) is 9.10. The first-order valence-corrected chi connectivity index (χ1v) is 13.4. The first-order chi connectivity index (χ1) is 20.7. The van der Waals surface area contributed by atoms with Crippen molar-refractivity contribution in [3.63, 3.8) is 0 Å². The lowest BCUT2D eigenvalue weighted by Gasteiger charge is -2.24. The van der Waals surface area contributed by atoms with Crippen LogP contribution in [0.2, 0.25) is 5.02 Å². The van der Waals surface area contributed by atoms with E-state index in [9.17, 15) is 24.9 Å². The SMILES string of the molecule is COC(O)Nc1ccc2c(c1)NC(=O)CC(O)C(O)CC(NC(=O)C=Cc1cc(Cl)ccc1-n1cnnn1)c1ncc-2[nH]1. The van der Waals surface area contributed by atoms with Gasteiger partial charge in [-0.1, -0.05) is 11.6 Å². The number of nitrogens with one attached hydrogen (secondary N) is 4. The summed E-state index contributed by atoms with van der Waals surface area (Å²) < 4.78 is 6.25. The molecule has 7 N–H and O–H groups in total. The molecule has 2 aromatic carbocycles. The molecule has 0 saturated heterocycles. The number of anilines is 2. The van der Waals surface area contributed by atoms with Gasteiger partial charge in [0.25, 0.3) is 0 Å². The molecule has 3 heterocycles. The van der Waals surface area contributed by atoms with Crippen molar-refractivity contribution in [2.75, 3.05) is 17.7 Å². The Labute approximate surface area is 249 Å². The van der Waals surface area contributed by atoms with E-state index in [-0.39, 0.29) is 6.42 Å². The molecule has 0 spiro atoms. The summed E-state index contributed by atoms with van der Waals surface area (Å²) in [7, 11) is 1.32. The quantitative estimate of drug-likeness (QED) is 0.117. The van der Waals surface area contributed by atoms with Crippen molar-refractivity contribution in [3.05, 3.63) is 71.4 Å². The number of methoxy groups -OCH3 is 1. The van der Waals surface area contributed by atoms with Gasteiger partial charge in [-0.15, -0.1) is 5.10 Å². The van der Waals surface area contributed by atoms with Crippen molar-refractivity contribution in [2.24, 2.45) is 0 Å². The third-order valence-electron chi connectivity index (χ3n) is 6.65. The Bertz CT molecular complexity index is 1630. The van der Waals surface area contributed by atoms with Crippen molar-refractivity contribution in [2.45, 2.75) is 37.5 Å². The zero-order valence-electron chi connectivity index (χ0n) is 22.7. The van der Waals surface area contributed by atoms with Crippen molar-refractivity contribution in [1.82, 2.24) is 35.5 Å². The van der Waals surface area contributed by atoms with E-state index in [4.69, 9.17) is 16.3 Å². The molecule has 43 heavy (non-hydrogen) atoms. The fourth-order valence-electron chi connectivity index (χ4n) is 4.51. The fourth-order valence-corrected chi connectivity index (χ4v) is 4.69. The number of rotatable bonds is 7. The second-order valence-electron chi connectivity index (χ2n) is 9.65. The van der Waals surface area contributed by atoms with Crippen LogP contribution in [-0.4, -0.2) is 83.0 Å². The average molecular weight is 610 g/mol. The second kappa shape index (κ2) is 13.1. The first-order valence-electron chi connectivity index (χ1n) is 13.0. The van der Waals surface area contributed by atoms with E-state index in [2.05, 4.69) is 41.4 Å². The monoisotopic (exact) mass is 609 g/mol. The number of aliphatic hydroxyl groups is 3. The summed E-state index contributed by atoms with van der Waals surface area (Å²) in [5.41, 5.74) is 3.02. The molecule has 2 amide bonds. The minimum atomic E-state index is -1.44. The third kappa shape index (κ3) is 7.22. The lowest BCUT2D eigenvalue weighted by Crippen LogP contribution is -2.36. The Morgan fingerprint density at radius 3 is 2.84 bits per heavy atom. The molecule has 1 aliphatic heterocycles. The van der Waals surface area contributed by atoms with E-state index in [1.807, 2.05) is 0 Å². The van der Waals surface area contributed by atoms with Crippen LogP contribution in [0, 0.1) is 0 Å². The molecule has 16 heteroatoms. The number of amides is 2. The number of aliphatic hydroxyl groups excluding tert-OH is 3. The Balaban J connectivity index is 1.43. The number of imidazole rings is 1. The zero-order chi connectivity index (χ0) is 30.5. The summed E-state index contributed by atoms with van der Waals surface area (Å²) >= 11 is 6.17. The number of tetrazole rings is 1. The predicted molar refractivity (Wildman–Crippen MR) is 155 cm³/mol. The van der Waals surface area contributed by atoms with Gasteiger partial charge in [0.1, 0.15) is 12.2 Å². The Kier molecular flexibility index (Phi) is 9.08. The van der Waals surface area contributed by atoms with Gasteiger partial charge in [-0.05, 0) is 52.9 Å². The van der Waals surface area contributed by atoms with Crippen molar-refractivity contribution in [1.29, 1.82) is 0 Å². The molecule has 4 atom stereocenters. The molecule has 2 aromatic heterocycles. The van der Waals surface area contributed by atoms with Gasteiger partial charge in [0, 0.05) is 41.4 Å². The number of carbonyl (C=O) groups excluding carboxylic acids is 2. The van der Waals surface area contributed by atoms with Gasteiger partial charge in [0.05, 0.1) is 47.9 Å². The topological polar surface area (TPSA) is 212 Å². The van der Waals surface area contributed by atoms with E-state index >= 15 is 0 Å². The summed E-state index contributed by atoms with van der Waals surface area (Å²) in [4.78, 5) is 33.4. The van der Waals surface area contributed by atoms with E-state index < -0.39 is 42.9 Å². The van der Waals surface area contributed by atoms with Gasteiger partial charge < -0.3 is 41.0 Å². The maximum atomic E-state index is 13.1. The lowest BCUT2D eigenvalue weighted by atomic mass is 10.0. The van der Waals surface area contributed by atoms with Crippen LogP contribution in [0.1, 0.15) is 30.3 Å². The molecule has 0 aliphatic carbocycles. The van der Waals surface area contributed by atoms with Crippen LogP contribution in [0.15, 0.2) is 55.0 Å². The van der Waals surface area contributed by atoms with E-state index in [0.29, 0.717) is 44.7 Å². The van der Waals surface area contributed by atoms with E-state index in [0.717, 1.165) is 0 Å². The van der Waals surface area contributed by atoms with Gasteiger partial charge >= 0.3 is 0 Å². The third-order valence-corrected chi connectivity index (χ3v) is 6.89. The summed E-state index contributed by atoms with van der Waals surface area (Å²) in [6.07, 6.45) is 1.12. The number of aromatic amines is 1. The van der Waals surface area contributed by atoms with Crippen LogP contribution in [0.3, 0.4) is 0 Å². The Morgan fingerprint density at radius 1 is 1.23 bits per heavy atom. The van der Waals surface area contributed by atoms with Gasteiger partial charge in [0.15, 0.2) is 0 Å². The first kappa shape index (κ1) is 29.8. The van der Waals surface area contributed by atoms with Crippen molar-refractivity contribution < 1.29 is 29.6 Å². The number of H-pyrrole nitrogens is 1. The van der Waals surface area contributed by atoms with Gasteiger partial charge in [-0.2, -0.15) is 4.68 Å². The van der Waals surface area contributed by atoms with E-state index in [1.165, 1.54) is 30.4 Å². The van der Waals surface area contributed by atoms with Crippen molar-refractivity contribution in [3.8, 4) is 16.9 Å². The van der Waals surface area contributed by atoms with Crippen LogP contribution >= 0.6 is 11.6 Å². The van der Waals surface area contributed by atoms with Gasteiger partial charge in [-0.25, -0.2) is 4.98 Å². The molecule has 0 saturated carbocycles. The number of hydrogen-bond acceptors (Lipinski definition) is 11. The highest BCUT2D eigenvalue weighted by Gasteiger charge is 2.28. The summed E-state index contributed by atoms with van der Waals surface area (Å²) in [5, 5.41) is 51.0. The van der Waals surface area contributed by atoms with E-state index in [1.54, 1.807) is 42.5 Å². The molecule has 0 radical (unpaired) electrons. The van der Waals surface area contributed by atoms with Crippen LogP contribution < -0.4 is 16.0 Å². The standard InChI is InChI=1S/C27H28ClN9O6/c1-43-27(42)31-16-4-5-17-18(9-16)32-25(41)11-23(39)22(38)10-19(26-29-12-20(17)34-26)33-24(40)7-2-14-8-15(28)3-6-21(14)37-13-30-35-36-37/h2-9,12-13,19,22-23,27,31,38-39,42H,10-11H2,1H3,(H,29,34)(H,32,41)(H,33,40). The second-order valence-corrected chi connectivity index (χ2v) is 10.1. The molecule has 0 fully saturated rings. The number of halogens is 1. The molecule has 224 valence electrons. The number of benzene rings is 2. The molecule has 2 bridgehead atoms. The Hall–Kier alpha value is -4.67. The summed E-state index contributed by atoms with van der Waals surface area (Å²) in [6.45, 7) is 0. The Morgan fingerprint density at radius 2 is 2.07 bits per heavy atom. The molecule has 4 unspecified atom stereocenters. The number of carbonyl (C=O) groups is 2. The number of aromatic nitrogens is 6. The highest BCUT2D eigenvalue weighted by molar-refractivity contribution is 6.30. The molecular weight excluding hydrogens is 582 g/mol. The number of nitrogens with zero attached hydrogens (tertiary/aromatic N) is 5. The van der Waals surface area contributed by atoms with Crippen molar-refractivity contribution >= 4 is 40.9 Å². The zero-order valence-corrected chi connectivity index (χ0v) is 23.4. The van der Waals surface area contributed by atoms with Gasteiger partial charge in [0.2, 0.25) is 18.2 Å². The molecular formula is C27H28ClN9O6. The van der Waals surface area contributed by atoms with Crippen LogP contribution in [0.25, 0.3) is 23.0 Å². The minimum absolute atomic E-state index is 0.140. The largest absolute Gasteiger partial charge is 0.390 e. The molecule has 5 rings (SSSR count). The van der Waals surface area contributed by atoms with Crippen LogP contribution in [0.4, 0.5) is 11.4 Å². The minimum Gasteiger partial charge on any atom is -0.390 e. The highest BCUT2D eigenvalue weighted by Crippen LogP contribution is 2.32. The van der Waals surface area contributed by atoms with Crippen LogP contribution in [0.5, 0.6) is 0 Å². The normalized spacial score (nSPS) is 19.6. The maximum Gasteiger partial charge on any atom is 0.244 e. The number of hydrogen-bond donors (Lipinski definition) is 7. The number of ether oxygens (including phenoxy) is 1. The molecule has 1 aliphatic rings. The smallest absolute Gasteiger partial charge is 0.244 e. The molecule has 15 nitrogen and oxygen atoms in total. The number of fused-ring (bicyclic) bond motifs is 4. The summed E-state index contributed by atoms with van der Waals surface area (Å²) in [5.74, 6) is -0.763. The highest BCUT2D eigenvalue weighted by atomic mass is 35.5. The fraction of sp³-hybridized carbons (Fsp3) is 0.259. The average Bonchev–Trinajstić information content (AvgIpc) is 3.68. The van der Waals surface area contributed by atoms with Crippen LogP contribution in [-0.2, 0) is 14.3 Å². The lowest BCUT2D eigenvalue weighted by molar-refractivity contribution is -0.121. The maximum absolute atomic E-state index is 13.1.